The van der Waals surface area contributed by atoms with Crippen LogP contribution in [-0.2, 0) is 16.1 Å². The van der Waals surface area contributed by atoms with Crippen molar-refractivity contribution in [2.45, 2.75) is 25.7 Å². The van der Waals surface area contributed by atoms with Crippen LogP contribution in [0.15, 0.2) is 36.5 Å². The number of hydrogen-bond acceptors (Lipinski definition) is 5. The molecule has 1 aliphatic rings. The molecule has 8 heteroatoms. The monoisotopic (exact) mass is 317 g/mol. The van der Waals surface area contributed by atoms with Crippen molar-refractivity contribution in [3.05, 3.63) is 36.5 Å². The van der Waals surface area contributed by atoms with Crippen molar-refractivity contribution < 1.29 is 24.2 Å². The van der Waals surface area contributed by atoms with E-state index in [2.05, 4.69) is 10.4 Å². The third kappa shape index (κ3) is 3.25. The Morgan fingerprint density at radius 2 is 1.96 bits per heavy atom. The zero-order valence-electron chi connectivity index (χ0n) is 12.3. The Balaban J connectivity index is 1.69. The molecule has 1 aromatic heterocycles. The zero-order valence-corrected chi connectivity index (χ0v) is 12.3. The Labute approximate surface area is 131 Å². The summed E-state index contributed by atoms with van der Waals surface area (Å²) in [5, 5.41) is 15.3. The van der Waals surface area contributed by atoms with Crippen molar-refractivity contribution in [1.29, 1.82) is 0 Å². The molecule has 2 heterocycles. The number of aliphatic carboxylic acids is 1. The van der Waals surface area contributed by atoms with Crippen molar-refractivity contribution in [3.63, 3.8) is 0 Å². The number of ether oxygens (including phenoxy) is 2. The van der Waals surface area contributed by atoms with E-state index in [4.69, 9.17) is 14.6 Å². The van der Waals surface area contributed by atoms with E-state index in [1.54, 1.807) is 25.1 Å². The van der Waals surface area contributed by atoms with E-state index in [0.717, 1.165) is 0 Å². The van der Waals surface area contributed by atoms with Gasteiger partial charge >= 0.3 is 5.97 Å². The van der Waals surface area contributed by atoms with Gasteiger partial charge in [0.25, 0.3) is 5.91 Å². The first-order valence-corrected chi connectivity index (χ1v) is 7.01. The second-order valence-corrected chi connectivity index (χ2v) is 5.09. The lowest BCUT2D eigenvalue weighted by Gasteiger charge is -2.30. The fourth-order valence-corrected chi connectivity index (χ4v) is 2.26. The highest BCUT2D eigenvalue weighted by Gasteiger charge is 2.34. The second kappa shape index (κ2) is 5.99. The summed E-state index contributed by atoms with van der Waals surface area (Å²) in [5.41, 5.74) is 0. The molecular weight excluding hydrogens is 302 g/mol. The number of rotatable bonds is 4. The van der Waals surface area contributed by atoms with Gasteiger partial charge in [-0.05, 0) is 19.1 Å². The number of amides is 1. The lowest BCUT2D eigenvalue weighted by molar-refractivity contribution is -0.137. The highest BCUT2D eigenvalue weighted by molar-refractivity contribution is 5.94. The van der Waals surface area contributed by atoms with Crippen LogP contribution in [0.1, 0.15) is 6.92 Å². The van der Waals surface area contributed by atoms with Crippen LogP contribution >= 0.6 is 0 Å². The Hall–Kier alpha value is -3.03. The number of carboxylic acid groups (broad SMARTS) is 1. The van der Waals surface area contributed by atoms with Gasteiger partial charge in [-0.15, -0.1) is 0 Å². The lowest BCUT2D eigenvalue weighted by Crippen LogP contribution is -2.46. The van der Waals surface area contributed by atoms with Crippen molar-refractivity contribution in [2.75, 3.05) is 5.32 Å². The minimum absolute atomic E-state index is 0.255. The molecule has 0 spiro atoms. The van der Waals surface area contributed by atoms with Crippen molar-refractivity contribution in [3.8, 4) is 11.5 Å². The van der Waals surface area contributed by atoms with Crippen molar-refractivity contribution in [2.24, 2.45) is 0 Å². The first-order valence-electron chi connectivity index (χ1n) is 7.01. The van der Waals surface area contributed by atoms with Crippen LogP contribution in [0.5, 0.6) is 11.5 Å². The summed E-state index contributed by atoms with van der Waals surface area (Å²) in [6.07, 6.45) is 0.182. The molecule has 3 rings (SSSR count). The summed E-state index contributed by atoms with van der Waals surface area (Å²) in [6.45, 7) is 1.46. The molecule has 0 radical (unpaired) electrons. The average molecular weight is 317 g/mol. The van der Waals surface area contributed by atoms with Crippen molar-refractivity contribution >= 4 is 17.7 Å². The molecule has 1 aliphatic heterocycles. The van der Waals surface area contributed by atoms with Gasteiger partial charge in [0.05, 0.1) is 0 Å². The van der Waals surface area contributed by atoms with Gasteiger partial charge in [0.2, 0.25) is 6.10 Å². The summed E-state index contributed by atoms with van der Waals surface area (Å²) >= 11 is 0. The van der Waals surface area contributed by atoms with E-state index in [1.807, 2.05) is 6.07 Å². The van der Waals surface area contributed by atoms with Crippen molar-refractivity contribution in [1.82, 2.24) is 9.78 Å². The molecule has 0 saturated carbocycles. The SMILES string of the molecule is C[C@H]1Oc2ccccc2O[C@H]1C(=O)Nc1ccn(CC(=O)O)n1. The maximum absolute atomic E-state index is 12.3. The molecule has 120 valence electrons. The van der Waals surface area contributed by atoms with Crippen LogP contribution in [0.25, 0.3) is 0 Å². The predicted octanol–water partition coefficient (Wildman–Crippen LogP) is 1.13. The maximum Gasteiger partial charge on any atom is 0.325 e. The third-order valence-electron chi connectivity index (χ3n) is 3.29. The third-order valence-corrected chi connectivity index (χ3v) is 3.29. The predicted molar refractivity (Wildman–Crippen MR) is 79.4 cm³/mol. The smallest absolute Gasteiger partial charge is 0.325 e. The summed E-state index contributed by atoms with van der Waals surface area (Å²) in [6, 6.07) is 8.63. The second-order valence-electron chi connectivity index (χ2n) is 5.09. The number of carbonyl (C=O) groups is 2. The molecule has 0 bridgehead atoms. The molecule has 1 aromatic carbocycles. The number of fused-ring (bicyclic) bond motifs is 1. The molecule has 0 aliphatic carbocycles. The number of nitrogens with one attached hydrogen (secondary N) is 1. The lowest BCUT2D eigenvalue weighted by atomic mass is 10.1. The standard InChI is InChI=1S/C15H15N3O5/c1-9-14(23-11-5-3-2-4-10(11)22-9)15(21)16-12-6-7-18(17-12)8-13(19)20/h2-7,9,14H,8H2,1H3,(H,19,20)(H,16,17,21)/t9-,14-/m1/s1. The molecule has 2 aromatic rings. The molecule has 23 heavy (non-hydrogen) atoms. The molecule has 0 unspecified atom stereocenters. The minimum Gasteiger partial charge on any atom is -0.482 e. The summed E-state index contributed by atoms with van der Waals surface area (Å²) < 4.78 is 12.6. The Morgan fingerprint density at radius 1 is 1.26 bits per heavy atom. The summed E-state index contributed by atoms with van der Waals surface area (Å²) in [5.74, 6) is -0.0735. The molecular formula is C15H15N3O5. The molecule has 1 amide bonds. The van der Waals surface area contributed by atoms with Gasteiger partial charge < -0.3 is 19.9 Å². The number of benzene rings is 1. The minimum atomic E-state index is -1.01. The zero-order chi connectivity index (χ0) is 16.4. The topological polar surface area (TPSA) is 103 Å². The largest absolute Gasteiger partial charge is 0.482 e. The van der Waals surface area contributed by atoms with Gasteiger partial charge in [-0.25, -0.2) is 0 Å². The van der Waals surface area contributed by atoms with Crippen LogP contribution in [0, 0.1) is 0 Å². The number of carboxylic acids is 1. The van der Waals surface area contributed by atoms with Gasteiger partial charge in [0, 0.05) is 12.3 Å². The molecule has 2 atom stereocenters. The van der Waals surface area contributed by atoms with Gasteiger partial charge in [0.15, 0.2) is 17.3 Å². The Bertz CT molecular complexity index is 742. The highest BCUT2D eigenvalue weighted by Crippen LogP contribution is 2.33. The van der Waals surface area contributed by atoms with Crippen LogP contribution in [0.2, 0.25) is 0 Å². The molecule has 0 fully saturated rings. The van der Waals surface area contributed by atoms with E-state index in [9.17, 15) is 9.59 Å². The van der Waals surface area contributed by atoms with Gasteiger partial charge in [-0.1, -0.05) is 12.1 Å². The highest BCUT2D eigenvalue weighted by atomic mass is 16.6. The number of aromatic nitrogens is 2. The van der Waals surface area contributed by atoms with E-state index < -0.39 is 24.1 Å². The van der Waals surface area contributed by atoms with Gasteiger partial charge in [-0.3, -0.25) is 14.3 Å². The first-order chi connectivity index (χ1) is 11.0. The van der Waals surface area contributed by atoms with E-state index in [1.165, 1.54) is 16.9 Å². The molecule has 8 nitrogen and oxygen atoms in total. The van der Waals surface area contributed by atoms with E-state index in [-0.39, 0.29) is 12.4 Å². The maximum atomic E-state index is 12.3. The average Bonchev–Trinajstić information content (AvgIpc) is 2.92. The Kier molecular flexibility index (Phi) is 3.88. The first kappa shape index (κ1) is 14.9. The summed E-state index contributed by atoms with van der Waals surface area (Å²) in [4.78, 5) is 23.0. The van der Waals surface area contributed by atoms with E-state index >= 15 is 0 Å². The normalized spacial score (nSPS) is 19.2. The van der Waals surface area contributed by atoms with E-state index in [0.29, 0.717) is 11.5 Å². The van der Waals surface area contributed by atoms with Crippen LogP contribution in [0.3, 0.4) is 0 Å². The van der Waals surface area contributed by atoms with Crippen LogP contribution in [-0.4, -0.2) is 39.0 Å². The quantitative estimate of drug-likeness (QED) is 0.876. The summed E-state index contributed by atoms with van der Waals surface area (Å²) in [7, 11) is 0. The fraction of sp³-hybridized carbons (Fsp3) is 0.267. The van der Waals surface area contributed by atoms with Gasteiger partial charge in [-0.2, -0.15) is 5.10 Å². The number of hydrogen-bond donors (Lipinski definition) is 2. The van der Waals surface area contributed by atoms with Crippen LogP contribution in [0.4, 0.5) is 5.82 Å². The number of nitrogens with zero attached hydrogens (tertiary/aromatic N) is 2. The number of anilines is 1. The number of para-hydroxylation sites is 2. The van der Waals surface area contributed by atoms with Crippen LogP contribution < -0.4 is 14.8 Å². The number of carbonyl (C=O) groups excluding carboxylic acids is 1. The Morgan fingerprint density at radius 3 is 2.65 bits per heavy atom. The van der Waals surface area contributed by atoms with Gasteiger partial charge in [0.1, 0.15) is 12.6 Å². The molecule has 0 saturated heterocycles. The fourth-order valence-electron chi connectivity index (χ4n) is 2.26. The molecule has 2 N–H and O–H groups in total.